The summed E-state index contributed by atoms with van der Waals surface area (Å²) in [5.41, 5.74) is 3.41. The maximum atomic E-state index is 12.8. The van der Waals surface area contributed by atoms with E-state index in [4.69, 9.17) is 4.74 Å². The maximum Gasteiger partial charge on any atom is 0.293 e. The van der Waals surface area contributed by atoms with E-state index in [1.165, 1.54) is 16.4 Å². The lowest BCUT2D eigenvalue weighted by molar-refractivity contribution is -0.117. The van der Waals surface area contributed by atoms with Crippen LogP contribution in [0.5, 0.6) is 5.75 Å². The second-order valence-electron chi connectivity index (χ2n) is 6.78. The van der Waals surface area contributed by atoms with Gasteiger partial charge in [-0.3, -0.25) is 9.59 Å². The number of nitrogens with one attached hydrogen (secondary N) is 1. The number of hydrogen-bond donors (Lipinski definition) is 1. The van der Waals surface area contributed by atoms with Crippen molar-refractivity contribution < 1.29 is 9.53 Å². The topological polar surface area (TPSA) is 90.5 Å². The molecule has 0 saturated heterocycles. The monoisotopic (exact) mass is 403 g/mol. The number of carbonyl (C=O) groups excluding carboxylic acids is 1. The Bertz CT molecular complexity index is 1240. The van der Waals surface area contributed by atoms with E-state index in [1.54, 1.807) is 37.4 Å². The van der Waals surface area contributed by atoms with Crippen molar-refractivity contribution in [1.82, 2.24) is 19.4 Å². The molecule has 8 nitrogen and oxygen atoms in total. The molecule has 0 bridgehead atoms. The number of fused-ring (bicyclic) bond motifs is 1. The van der Waals surface area contributed by atoms with Crippen molar-refractivity contribution in [3.8, 4) is 17.0 Å². The molecule has 1 amide bonds. The van der Waals surface area contributed by atoms with Gasteiger partial charge >= 0.3 is 0 Å². The third-order valence-corrected chi connectivity index (χ3v) is 4.81. The molecule has 8 heteroatoms. The lowest BCUT2D eigenvalue weighted by atomic mass is 10.1. The number of aryl methyl sites for hydroxylation is 1. The number of aromatic nitrogens is 4. The molecule has 0 aliphatic heterocycles. The minimum Gasteiger partial charge on any atom is -0.497 e. The first kappa shape index (κ1) is 19.4. The van der Waals surface area contributed by atoms with E-state index in [2.05, 4.69) is 22.4 Å². The number of anilines is 1. The summed E-state index contributed by atoms with van der Waals surface area (Å²) >= 11 is 0. The largest absolute Gasteiger partial charge is 0.497 e. The Kier molecular flexibility index (Phi) is 5.30. The van der Waals surface area contributed by atoms with Gasteiger partial charge < -0.3 is 10.1 Å². The Balaban J connectivity index is 1.55. The molecule has 4 aromatic rings. The van der Waals surface area contributed by atoms with Gasteiger partial charge in [0, 0.05) is 11.3 Å². The summed E-state index contributed by atoms with van der Waals surface area (Å²) in [5, 5.41) is 11.2. The second kappa shape index (κ2) is 8.20. The lowest BCUT2D eigenvalue weighted by Gasteiger charge is -2.07. The van der Waals surface area contributed by atoms with Crippen molar-refractivity contribution in [1.29, 1.82) is 0 Å². The number of hydrogen-bond acceptors (Lipinski definition) is 5. The summed E-state index contributed by atoms with van der Waals surface area (Å²) in [5.74, 6) is 0.339. The summed E-state index contributed by atoms with van der Waals surface area (Å²) in [7, 11) is 1.57. The van der Waals surface area contributed by atoms with Crippen LogP contribution in [0, 0.1) is 0 Å². The molecule has 2 heterocycles. The van der Waals surface area contributed by atoms with Crippen LogP contribution < -0.4 is 15.6 Å². The van der Waals surface area contributed by atoms with E-state index in [1.807, 2.05) is 24.3 Å². The molecule has 0 aliphatic rings. The minimum absolute atomic E-state index is 0.201. The zero-order valence-electron chi connectivity index (χ0n) is 16.7. The Morgan fingerprint density at radius 1 is 1.10 bits per heavy atom. The molecule has 0 unspecified atom stereocenters. The van der Waals surface area contributed by atoms with Gasteiger partial charge in [-0.25, -0.2) is 9.20 Å². The van der Waals surface area contributed by atoms with Crippen molar-refractivity contribution in [2.75, 3.05) is 12.4 Å². The summed E-state index contributed by atoms with van der Waals surface area (Å²) in [6.45, 7) is 1.89. The maximum absolute atomic E-state index is 12.8. The third kappa shape index (κ3) is 3.93. The van der Waals surface area contributed by atoms with Crippen LogP contribution >= 0.6 is 0 Å². The smallest absolute Gasteiger partial charge is 0.293 e. The van der Waals surface area contributed by atoms with Crippen LogP contribution in [0.1, 0.15) is 12.5 Å². The number of benzene rings is 2. The summed E-state index contributed by atoms with van der Waals surface area (Å²) in [6.07, 6.45) is 2.39. The van der Waals surface area contributed by atoms with Crippen LogP contribution in [0.4, 0.5) is 5.69 Å². The predicted molar refractivity (Wildman–Crippen MR) is 114 cm³/mol. The summed E-state index contributed by atoms with van der Waals surface area (Å²) in [4.78, 5) is 25.1. The Morgan fingerprint density at radius 3 is 2.50 bits per heavy atom. The predicted octanol–water partition coefficient (Wildman–Crippen LogP) is 2.77. The van der Waals surface area contributed by atoms with Gasteiger partial charge in [0.05, 0.1) is 12.8 Å². The molecule has 0 radical (unpaired) electrons. The highest BCUT2D eigenvalue weighted by Gasteiger charge is 2.12. The van der Waals surface area contributed by atoms with Gasteiger partial charge in [0.1, 0.15) is 24.1 Å². The van der Waals surface area contributed by atoms with Gasteiger partial charge in [-0.15, -0.1) is 0 Å². The van der Waals surface area contributed by atoms with E-state index >= 15 is 0 Å². The van der Waals surface area contributed by atoms with Crippen LogP contribution in [-0.2, 0) is 17.8 Å². The molecule has 1 N–H and O–H groups in total. The van der Waals surface area contributed by atoms with Gasteiger partial charge in [-0.2, -0.15) is 10.2 Å². The van der Waals surface area contributed by atoms with Crippen LogP contribution in [0.3, 0.4) is 0 Å². The van der Waals surface area contributed by atoms with E-state index in [-0.39, 0.29) is 18.0 Å². The number of amides is 1. The highest BCUT2D eigenvalue weighted by molar-refractivity contribution is 5.90. The molecule has 152 valence electrons. The van der Waals surface area contributed by atoms with Gasteiger partial charge in [-0.1, -0.05) is 31.2 Å². The van der Waals surface area contributed by atoms with E-state index in [0.29, 0.717) is 22.6 Å². The van der Waals surface area contributed by atoms with Crippen molar-refractivity contribution in [3.63, 3.8) is 0 Å². The summed E-state index contributed by atoms with van der Waals surface area (Å²) in [6, 6.07) is 16.7. The molecular formula is C22H21N5O3. The molecule has 30 heavy (non-hydrogen) atoms. The zero-order chi connectivity index (χ0) is 21.1. The lowest BCUT2D eigenvalue weighted by Crippen LogP contribution is -2.30. The average Bonchev–Trinajstić information content (AvgIpc) is 3.21. The SMILES string of the molecule is CCc1ccc(-c2cc3c(=O)n(CC(=O)Nc4ccc(OC)cc4)ncn3n2)cc1. The van der Waals surface area contributed by atoms with Crippen molar-refractivity contribution in [3.05, 3.63) is 76.8 Å². The average molecular weight is 403 g/mol. The van der Waals surface area contributed by atoms with E-state index in [0.717, 1.165) is 16.7 Å². The van der Waals surface area contributed by atoms with Crippen molar-refractivity contribution in [2.24, 2.45) is 0 Å². The number of rotatable bonds is 6. The van der Waals surface area contributed by atoms with E-state index < -0.39 is 0 Å². The Morgan fingerprint density at radius 2 is 1.83 bits per heavy atom. The quantitative estimate of drug-likeness (QED) is 0.535. The van der Waals surface area contributed by atoms with Crippen LogP contribution in [0.2, 0.25) is 0 Å². The van der Waals surface area contributed by atoms with Crippen LogP contribution in [0.15, 0.2) is 65.7 Å². The molecular weight excluding hydrogens is 382 g/mol. The molecule has 2 aromatic heterocycles. The van der Waals surface area contributed by atoms with Crippen molar-refractivity contribution in [2.45, 2.75) is 19.9 Å². The van der Waals surface area contributed by atoms with Gasteiger partial charge in [0.15, 0.2) is 0 Å². The molecule has 0 spiro atoms. The third-order valence-electron chi connectivity index (χ3n) is 4.81. The normalized spacial score (nSPS) is 10.9. The van der Waals surface area contributed by atoms with E-state index in [9.17, 15) is 9.59 Å². The molecule has 0 atom stereocenters. The fourth-order valence-corrected chi connectivity index (χ4v) is 3.11. The number of methoxy groups -OCH3 is 1. The van der Waals surface area contributed by atoms with Crippen LogP contribution in [-0.4, -0.2) is 32.4 Å². The van der Waals surface area contributed by atoms with Gasteiger partial charge in [0.25, 0.3) is 5.56 Å². The number of carbonyl (C=O) groups is 1. The molecule has 2 aromatic carbocycles. The zero-order valence-corrected chi connectivity index (χ0v) is 16.7. The second-order valence-corrected chi connectivity index (χ2v) is 6.78. The molecule has 0 saturated carbocycles. The fourth-order valence-electron chi connectivity index (χ4n) is 3.11. The summed E-state index contributed by atoms with van der Waals surface area (Å²) < 4.78 is 7.65. The highest BCUT2D eigenvalue weighted by Crippen LogP contribution is 2.19. The fraction of sp³-hybridized carbons (Fsp3) is 0.182. The highest BCUT2D eigenvalue weighted by atomic mass is 16.5. The number of nitrogens with zero attached hydrogens (tertiary/aromatic N) is 4. The first-order chi connectivity index (χ1) is 14.6. The van der Waals surface area contributed by atoms with Gasteiger partial charge in [0.2, 0.25) is 5.91 Å². The first-order valence-electron chi connectivity index (χ1n) is 9.56. The molecule has 0 fully saturated rings. The molecule has 4 rings (SSSR count). The Hall–Kier alpha value is -3.94. The van der Waals surface area contributed by atoms with Crippen LogP contribution in [0.25, 0.3) is 16.8 Å². The Labute approximate surface area is 172 Å². The standard InChI is InChI=1S/C22H21N5O3/c1-3-15-4-6-16(7-5-15)19-12-20-22(29)26(23-14-27(20)25-19)13-21(28)24-17-8-10-18(30-2)11-9-17/h4-12,14H,3,13H2,1-2H3,(H,24,28). The minimum atomic E-state index is -0.383. The number of ether oxygens (including phenoxy) is 1. The van der Waals surface area contributed by atoms with Crippen molar-refractivity contribution >= 4 is 17.1 Å². The molecule has 0 aliphatic carbocycles. The first-order valence-corrected chi connectivity index (χ1v) is 9.56. The van der Waals surface area contributed by atoms with Gasteiger partial charge in [-0.05, 0) is 42.3 Å².